The van der Waals surface area contributed by atoms with E-state index in [1.165, 1.54) is 60.5 Å². The highest BCUT2D eigenvalue weighted by atomic mass is 16.4. The van der Waals surface area contributed by atoms with E-state index in [9.17, 15) is 4.79 Å². The molecule has 0 radical (unpaired) electrons. The Balaban J connectivity index is 1.40. The molecule has 0 amide bonds. The van der Waals surface area contributed by atoms with Crippen LogP contribution < -0.4 is 0 Å². The Kier molecular flexibility index (Phi) is 3.80. The summed E-state index contributed by atoms with van der Waals surface area (Å²) in [5.41, 5.74) is 4.39. The molecule has 2 bridgehead atoms. The lowest BCUT2D eigenvalue weighted by molar-refractivity contribution is -0.131. The van der Waals surface area contributed by atoms with Crippen molar-refractivity contribution in [2.75, 3.05) is 6.54 Å². The summed E-state index contributed by atoms with van der Waals surface area (Å²) < 4.78 is 0. The van der Waals surface area contributed by atoms with E-state index in [-0.39, 0.29) is 5.41 Å². The quantitative estimate of drug-likeness (QED) is 0.712. The standard InChI is InChI=1S/C25H30N2O2/c1-15-10-19-18-4-2-3-5-21(18)26-23(19)24(27(15)14-16-6-7-16)20-13-25(9-8-22(28)29)11-17(20)12-25/h2-5,8-9,15-17,20,24,26H,6-7,10-14H2,1H3,(H,28,29)/b9-8+/t15?,17?,20-,24?,25?/m0/s1. The zero-order valence-corrected chi connectivity index (χ0v) is 17.1. The van der Waals surface area contributed by atoms with Crippen LogP contribution in [0, 0.1) is 23.2 Å². The molecule has 2 unspecified atom stereocenters. The fraction of sp³-hybridized carbons (Fsp3) is 0.560. The van der Waals surface area contributed by atoms with Gasteiger partial charge in [-0.3, -0.25) is 4.90 Å². The lowest BCUT2D eigenvalue weighted by Gasteiger charge is -2.45. The van der Waals surface area contributed by atoms with Gasteiger partial charge in [0.25, 0.3) is 0 Å². The van der Waals surface area contributed by atoms with Gasteiger partial charge in [-0.25, -0.2) is 4.79 Å². The molecule has 4 nitrogen and oxygen atoms in total. The SMILES string of the molecule is CC1Cc2c([nH]c3ccccc23)C([C@H]2CC3(/C=C/C(=O)O)CC2C3)N1CC1CC1. The number of nitrogens with zero attached hydrogens (tertiary/aromatic N) is 1. The second-order valence-electron chi connectivity index (χ2n) is 10.3. The highest BCUT2D eigenvalue weighted by Gasteiger charge is 2.58. The fourth-order valence-corrected chi connectivity index (χ4v) is 6.81. The van der Waals surface area contributed by atoms with Gasteiger partial charge < -0.3 is 10.1 Å². The van der Waals surface area contributed by atoms with Crippen molar-refractivity contribution < 1.29 is 9.90 Å². The number of rotatable bonds is 5. The molecule has 0 saturated heterocycles. The summed E-state index contributed by atoms with van der Waals surface area (Å²) in [7, 11) is 0. The van der Waals surface area contributed by atoms with Crippen molar-refractivity contribution in [2.45, 2.75) is 57.5 Å². The number of para-hydroxylation sites is 1. The van der Waals surface area contributed by atoms with E-state index in [1.54, 1.807) is 0 Å². The molecule has 152 valence electrons. The third-order valence-electron chi connectivity index (χ3n) is 8.30. The number of hydrogen-bond donors (Lipinski definition) is 2. The number of carboxylic acid groups (broad SMARTS) is 1. The summed E-state index contributed by atoms with van der Waals surface area (Å²) in [5, 5.41) is 10.5. The first-order valence-electron chi connectivity index (χ1n) is 11.3. The maximum atomic E-state index is 11.1. The van der Waals surface area contributed by atoms with Gasteiger partial charge in [-0.2, -0.15) is 0 Å². The number of nitrogens with one attached hydrogen (secondary N) is 1. The van der Waals surface area contributed by atoms with Gasteiger partial charge in [0.05, 0.1) is 6.04 Å². The van der Waals surface area contributed by atoms with Crippen LogP contribution in [0.3, 0.4) is 0 Å². The van der Waals surface area contributed by atoms with Crippen LogP contribution in [-0.2, 0) is 11.2 Å². The average Bonchev–Trinajstić information content (AvgIpc) is 3.16. The van der Waals surface area contributed by atoms with E-state index < -0.39 is 5.97 Å². The largest absolute Gasteiger partial charge is 0.478 e. The predicted octanol–water partition coefficient (Wildman–Crippen LogP) is 4.92. The third-order valence-corrected chi connectivity index (χ3v) is 8.30. The minimum atomic E-state index is -0.814. The molecule has 4 aliphatic carbocycles. The molecule has 4 saturated carbocycles. The predicted molar refractivity (Wildman–Crippen MR) is 114 cm³/mol. The third kappa shape index (κ3) is 2.79. The Morgan fingerprint density at radius 2 is 2.07 bits per heavy atom. The van der Waals surface area contributed by atoms with Crippen LogP contribution in [-0.4, -0.2) is 33.5 Å². The van der Waals surface area contributed by atoms with Crippen molar-refractivity contribution in [3.63, 3.8) is 0 Å². The zero-order chi connectivity index (χ0) is 19.8. The van der Waals surface area contributed by atoms with Gasteiger partial charge in [0, 0.05) is 35.3 Å². The molecule has 0 spiro atoms. The molecule has 4 heteroatoms. The van der Waals surface area contributed by atoms with Crippen LogP contribution in [0.1, 0.15) is 56.3 Å². The number of allylic oxidation sites excluding steroid dienone is 1. The monoisotopic (exact) mass is 390 g/mol. The Morgan fingerprint density at radius 3 is 2.83 bits per heavy atom. The van der Waals surface area contributed by atoms with Crippen LogP contribution >= 0.6 is 0 Å². The number of H-pyrrole nitrogens is 1. The van der Waals surface area contributed by atoms with E-state index >= 15 is 0 Å². The molecular weight excluding hydrogens is 360 g/mol. The Morgan fingerprint density at radius 1 is 1.28 bits per heavy atom. The van der Waals surface area contributed by atoms with Gasteiger partial charge in [0.15, 0.2) is 0 Å². The molecule has 1 aliphatic heterocycles. The molecular formula is C25H30N2O2. The van der Waals surface area contributed by atoms with Crippen LogP contribution in [0.25, 0.3) is 10.9 Å². The first-order valence-corrected chi connectivity index (χ1v) is 11.3. The van der Waals surface area contributed by atoms with Crippen molar-refractivity contribution >= 4 is 16.9 Å². The van der Waals surface area contributed by atoms with Crippen molar-refractivity contribution in [2.24, 2.45) is 23.2 Å². The van der Waals surface area contributed by atoms with Crippen molar-refractivity contribution in [1.82, 2.24) is 9.88 Å². The normalized spacial score (nSPS) is 36.4. The molecule has 29 heavy (non-hydrogen) atoms. The van der Waals surface area contributed by atoms with Crippen LogP contribution in [0.2, 0.25) is 0 Å². The number of aromatic nitrogens is 1. The number of carbonyl (C=O) groups is 1. The van der Waals surface area contributed by atoms with Gasteiger partial charge in [0.2, 0.25) is 0 Å². The minimum Gasteiger partial charge on any atom is -0.478 e. The van der Waals surface area contributed by atoms with E-state index in [0.717, 1.165) is 24.7 Å². The van der Waals surface area contributed by atoms with Gasteiger partial charge in [-0.1, -0.05) is 24.3 Å². The molecule has 7 rings (SSSR count). The van der Waals surface area contributed by atoms with Gasteiger partial charge in [-0.05, 0) is 80.2 Å². The second-order valence-corrected chi connectivity index (χ2v) is 10.3. The number of hydrogen-bond acceptors (Lipinski definition) is 2. The molecule has 5 aliphatic rings. The maximum Gasteiger partial charge on any atom is 0.327 e. The van der Waals surface area contributed by atoms with Crippen molar-refractivity contribution in [3.8, 4) is 0 Å². The van der Waals surface area contributed by atoms with E-state index in [2.05, 4.69) is 41.1 Å². The Hall–Kier alpha value is -2.07. The van der Waals surface area contributed by atoms with E-state index in [1.807, 2.05) is 6.08 Å². The molecule has 2 aromatic rings. The number of aromatic amines is 1. The van der Waals surface area contributed by atoms with Crippen molar-refractivity contribution in [1.29, 1.82) is 0 Å². The molecule has 2 N–H and O–H groups in total. The first kappa shape index (κ1) is 17.8. The van der Waals surface area contributed by atoms with Crippen LogP contribution in [0.15, 0.2) is 36.4 Å². The zero-order valence-electron chi connectivity index (χ0n) is 17.1. The number of fused-ring (bicyclic) bond motifs is 4. The van der Waals surface area contributed by atoms with Gasteiger partial charge in [0.1, 0.15) is 0 Å². The molecule has 3 atom stereocenters. The van der Waals surface area contributed by atoms with Crippen LogP contribution in [0.5, 0.6) is 0 Å². The highest BCUT2D eigenvalue weighted by Crippen LogP contribution is 2.66. The lowest BCUT2D eigenvalue weighted by atomic mass is 9.68. The summed E-state index contributed by atoms with van der Waals surface area (Å²) in [5.74, 6) is 1.42. The highest BCUT2D eigenvalue weighted by molar-refractivity contribution is 5.85. The summed E-state index contributed by atoms with van der Waals surface area (Å²) >= 11 is 0. The Bertz CT molecular complexity index is 995. The average molecular weight is 391 g/mol. The first-order chi connectivity index (χ1) is 14.0. The van der Waals surface area contributed by atoms with E-state index in [0.29, 0.717) is 18.0 Å². The minimum absolute atomic E-state index is 0.131. The fourth-order valence-electron chi connectivity index (χ4n) is 6.81. The topological polar surface area (TPSA) is 56.3 Å². The van der Waals surface area contributed by atoms with E-state index in [4.69, 9.17) is 5.11 Å². The Labute approximate surface area is 172 Å². The maximum absolute atomic E-state index is 11.1. The number of carboxylic acids is 1. The molecule has 1 aromatic carbocycles. The van der Waals surface area contributed by atoms with Crippen molar-refractivity contribution in [3.05, 3.63) is 47.7 Å². The summed E-state index contributed by atoms with van der Waals surface area (Å²) in [6.07, 6.45) is 10.8. The van der Waals surface area contributed by atoms with Crippen LogP contribution in [0.4, 0.5) is 0 Å². The summed E-state index contributed by atoms with van der Waals surface area (Å²) in [6.45, 7) is 3.64. The van der Waals surface area contributed by atoms with Gasteiger partial charge in [-0.15, -0.1) is 0 Å². The second kappa shape index (κ2) is 6.21. The van der Waals surface area contributed by atoms with Gasteiger partial charge >= 0.3 is 5.97 Å². The summed E-state index contributed by atoms with van der Waals surface area (Å²) in [4.78, 5) is 17.7. The molecule has 4 fully saturated rings. The smallest absolute Gasteiger partial charge is 0.327 e. The molecule has 2 heterocycles. The number of benzene rings is 1. The summed E-state index contributed by atoms with van der Waals surface area (Å²) in [6, 6.07) is 9.79. The lowest BCUT2D eigenvalue weighted by Crippen LogP contribution is -2.46. The number of aliphatic carboxylic acids is 1. The molecule has 1 aromatic heterocycles.